The minimum Gasteiger partial charge on any atom is -0.333 e. The fourth-order valence-electron chi connectivity index (χ4n) is 1.63. The number of hydrogen-bond acceptors (Lipinski definition) is 5. The number of nitro groups is 1. The molecule has 0 N–H and O–H groups in total. The van der Waals surface area contributed by atoms with Crippen molar-refractivity contribution < 1.29 is 19.3 Å². The summed E-state index contributed by atoms with van der Waals surface area (Å²) in [5, 5.41) is 11.4. The minimum absolute atomic E-state index is 0.115. The smallest absolute Gasteiger partial charge is 0.333 e. The van der Waals surface area contributed by atoms with Crippen LogP contribution in [0.2, 0.25) is 0 Å². The molecule has 1 aromatic carbocycles. The number of nitro benzene ring substituents is 1. The van der Waals surface area contributed by atoms with E-state index in [0.717, 1.165) is 24.3 Å². The van der Waals surface area contributed by atoms with Gasteiger partial charge < -0.3 is 4.84 Å². The molecular formula is C14H18N2O5. The van der Waals surface area contributed by atoms with Gasteiger partial charge in [0, 0.05) is 25.6 Å². The summed E-state index contributed by atoms with van der Waals surface area (Å²) >= 11 is 0. The molecule has 0 spiro atoms. The number of carbonyl (C=O) groups is 2. The van der Waals surface area contributed by atoms with Gasteiger partial charge in [-0.15, -0.1) is 0 Å². The van der Waals surface area contributed by atoms with E-state index in [1.165, 1.54) is 31.3 Å². The molecule has 7 heteroatoms. The molecule has 1 aromatic rings. The van der Waals surface area contributed by atoms with E-state index in [9.17, 15) is 19.7 Å². The standard InChI is InChI=1S/C14H18N2O5/c1-3-4-5-6-13(17)15(2)21-14(18)11-7-9-12(10-8-11)16(19)20/h7-10H,3-6H2,1-2H3. The molecule has 1 rings (SSSR count). The summed E-state index contributed by atoms with van der Waals surface area (Å²) in [7, 11) is 1.37. The number of unbranched alkanes of at least 4 members (excludes halogenated alkanes) is 2. The van der Waals surface area contributed by atoms with Crippen LogP contribution in [-0.2, 0) is 9.63 Å². The molecule has 21 heavy (non-hydrogen) atoms. The maximum atomic E-state index is 11.8. The molecule has 0 aliphatic carbocycles. The number of hydrogen-bond donors (Lipinski definition) is 0. The summed E-state index contributed by atoms with van der Waals surface area (Å²) in [6, 6.07) is 4.99. The number of rotatable bonds is 6. The average Bonchev–Trinajstić information content (AvgIpc) is 2.47. The first-order valence-corrected chi connectivity index (χ1v) is 6.69. The van der Waals surface area contributed by atoms with Crippen molar-refractivity contribution in [2.75, 3.05) is 7.05 Å². The second-order valence-electron chi connectivity index (χ2n) is 4.53. The van der Waals surface area contributed by atoms with Gasteiger partial charge in [-0.2, -0.15) is 5.06 Å². The first kappa shape index (κ1) is 16.6. The molecule has 7 nitrogen and oxygen atoms in total. The van der Waals surface area contributed by atoms with Crippen LogP contribution in [0.15, 0.2) is 24.3 Å². The average molecular weight is 294 g/mol. The molecule has 114 valence electrons. The molecule has 0 heterocycles. The van der Waals surface area contributed by atoms with Gasteiger partial charge in [0.2, 0.25) is 0 Å². The molecule has 0 bridgehead atoms. The Kier molecular flexibility index (Phi) is 6.32. The van der Waals surface area contributed by atoms with Crippen molar-refractivity contribution in [3.63, 3.8) is 0 Å². The Bertz CT molecular complexity index is 513. The van der Waals surface area contributed by atoms with Crippen molar-refractivity contribution in [3.8, 4) is 0 Å². The number of amides is 1. The maximum Gasteiger partial charge on any atom is 0.363 e. The lowest BCUT2D eigenvalue weighted by molar-refractivity contribution is -0.384. The Morgan fingerprint density at radius 3 is 2.38 bits per heavy atom. The van der Waals surface area contributed by atoms with E-state index in [4.69, 9.17) is 4.84 Å². The molecular weight excluding hydrogens is 276 g/mol. The molecule has 1 amide bonds. The van der Waals surface area contributed by atoms with Crippen LogP contribution in [0.5, 0.6) is 0 Å². The first-order chi connectivity index (χ1) is 9.95. The van der Waals surface area contributed by atoms with Crippen LogP contribution >= 0.6 is 0 Å². The topological polar surface area (TPSA) is 89.8 Å². The number of hydroxylamine groups is 2. The third-order valence-electron chi connectivity index (χ3n) is 2.88. The van der Waals surface area contributed by atoms with E-state index >= 15 is 0 Å². The number of carbonyl (C=O) groups excluding carboxylic acids is 2. The van der Waals surface area contributed by atoms with Crippen molar-refractivity contribution in [1.29, 1.82) is 0 Å². The fraction of sp³-hybridized carbons (Fsp3) is 0.429. The van der Waals surface area contributed by atoms with Crippen LogP contribution in [0.3, 0.4) is 0 Å². The normalized spacial score (nSPS) is 10.0. The highest BCUT2D eigenvalue weighted by atomic mass is 16.7. The predicted octanol–water partition coefficient (Wildman–Crippen LogP) is 2.71. The third kappa shape index (κ3) is 5.21. The Labute approximate surface area is 122 Å². The highest BCUT2D eigenvalue weighted by molar-refractivity contribution is 5.90. The van der Waals surface area contributed by atoms with Crippen molar-refractivity contribution >= 4 is 17.6 Å². The van der Waals surface area contributed by atoms with Gasteiger partial charge in [-0.1, -0.05) is 19.8 Å². The zero-order valence-corrected chi connectivity index (χ0v) is 12.1. The van der Waals surface area contributed by atoms with Crippen molar-refractivity contribution in [1.82, 2.24) is 5.06 Å². The Morgan fingerprint density at radius 2 is 1.86 bits per heavy atom. The molecule has 0 fully saturated rings. The van der Waals surface area contributed by atoms with E-state index in [1.807, 2.05) is 6.92 Å². The highest BCUT2D eigenvalue weighted by Gasteiger charge is 2.16. The minimum atomic E-state index is -0.726. The van der Waals surface area contributed by atoms with Gasteiger partial charge in [0.1, 0.15) is 0 Å². The van der Waals surface area contributed by atoms with Crippen molar-refractivity contribution in [2.45, 2.75) is 32.6 Å². The summed E-state index contributed by atoms with van der Waals surface area (Å²) < 4.78 is 0. The zero-order valence-electron chi connectivity index (χ0n) is 12.1. The lowest BCUT2D eigenvalue weighted by Gasteiger charge is -2.16. The van der Waals surface area contributed by atoms with E-state index < -0.39 is 10.9 Å². The van der Waals surface area contributed by atoms with Gasteiger partial charge in [-0.25, -0.2) is 4.79 Å². The van der Waals surface area contributed by atoms with E-state index in [2.05, 4.69) is 0 Å². The van der Waals surface area contributed by atoms with Gasteiger partial charge in [-0.3, -0.25) is 14.9 Å². The Balaban J connectivity index is 2.55. The summed E-state index contributed by atoms with van der Waals surface area (Å²) in [6.45, 7) is 2.03. The van der Waals surface area contributed by atoms with Crippen LogP contribution in [0, 0.1) is 10.1 Å². The van der Waals surface area contributed by atoms with Gasteiger partial charge >= 0.3 is 5.97 Å². The molecule has 0 aromatic heterocycles. The summed E-state index contributed by atoms with van der Waals surface area (Å²) in [6.07, 6.45) is 3.00. The van der Waals surface area contributed by atoms with Gasteiger partial charge in [-0.05, 0) is 18.6 Å². The predicted molar refractivity (Wildman–Crippen MR) is 75.4 cm³/mol. The SMILES string of the molecule is CCCCCC(=O)N(C)OC(=O)c1ccc([N+](=O)[O-])cc1. The highest BCUT2D eigenvalue weighted by Crippen LogP contribution is 2.13. The summed E-state index contributed by atoms with van der Waals surface area (Å²) in [4.78, 5) is 38.3. The van der Waals surface area contributed by atoms with Crippen LogP contribution < -0.4 is 0 Å². The maximum absolute atomic E-state index is 11.8. The molecule has 0 saturated carbocycles. The number of non-ortho nitro benzene ring substituents is 1. The first-order valence-electron chi connectivity index (χ1n) is 6.69. The number of benzene rings is 1. The van der Waals surface area contributed by atoms with Crippen molar-refractivity contribution in [3.05, 3.63) is 39.9 Å². The second kappa shape index (κ2) is 7.98. The molecule has 0 radical (unpaired) electrons. The fourth-order valence-corrected chi connectivity index (χ4v) is 1.63. The van der Waals surface area contributed by atoms with Crippen LogP contribution in [0.25, 0.3) is 0 Å². The second-order valence-corrected chi connectivity index (χ2v) is 4.53. The summed E-state index contributed by atoms with van der Waals surface area (Å²) in [5.74, 6) is -1.00. The van der Waals surface area contributed by atoms with Gasteiger partial charge in [0.05, 0.1) is 10.5 Å². The largest absolute Gasteiger partial charge is 0.363 e. The quantitative estimate of drug-likeness (QED) is 0.457. The molecule has 0 unspecified atom stereocenters. The van der Waals surface area contributed by atoms with E-state index in [1.54, 1.807) is 0 Å². The molecule has 0 saturated heterocycles. The lowest BCUT2D eigenvalue weighted by Crippen LogP contribution is -2.29. The van der Waals surface area contributed by atoms with Crippen LogP contribution in [0.1, 0.15) is 43.0 Å². The van der Waals surface area contributed by atoms with Gasteiger partial charge in [0.25, 0.3) is 11.6 Å². The lowest BCUT2D eigenvalue weighted by atomic mass is 10.2. The molecule has 0 aliphatic rings. The van der Waals surface area contributed by atoms with Gasteiger partial charge in [0.15, 0.2) is 0 Å². The van der Waals surface area contributed by atoms with E-state index in [0.29, 0.717) is 6.42 Å². The van der Waals surface area contributed by atoms with Crippen molar-refractivity contribution in [2.24, 2.45) is 0 Å². The van der Waals surface area contributed by atoms with E-state index in [-0.39, 0.29) is 17.2 Å². The molecule has 0 atom stereocenters. The number of nitrogens with zero attached hydrogens (tertiary/aromatic N) is 2. The zero-order chi connectivity index (χ0) is 15.8. The Morgan fingerprint density at radius 1 is 1.24 bits per heavy atom. The summed E-state index contributed by atoms with van der Waals surface area (Å²) in [5.41, 5.74) is 0.0318. The monoisotopic (exact) mass is 294 g/mol. The van der Waals surface area contributed by atoms with Crippen LogP contribution in [-0.4, -0.2) is 28.9 Å². The molecule has 0 aliphatic heterocycles. The van der Waals surface area contributed by atoms with Crippen LogP contribution in [0.4, 0.5) is 5.69 Å². The Hall–Kier alpha value is -2.44. The third-order valence-corrected chi connectivity index (χ3v) is 2.88.